The lowest BCUT2D eigenvalue weighted by Crippen LogP contribution is -2.00. The van der Waals surface area contributed by atoms with Gasteiger partial charge in [0.05, 0.1) is 0 Å². The summed E-state index contributed by atoms with van der Waals surface area (Å²) in [7, 11) is 0. The molecule has 1 aromatic carbocycles. The van der Waals surface area contributed by atoms with Gasteiger partial charge in [-0.1, -0.05) is 11.6 Å². The van der Waals surface area contributed by atoms with Gasteiger partial charge in [0.25, 0.3) is 0 Å². The van der Waals surface area contributed by atoms with E-state index < -0.39 is 0 Å². The van der Waals surface area contributed by atoms with Crippen molar-refractivity contribution < 1.29 is 24.9 Å². The highest BCUT2D eigenvalue weighted by Crippen LogP contribution is 2.43. The van der Waals surface area contributed by atoms with Crippen LogP contribution >= 0.6 is 0 Å². The topological polar surface area (TPSA) is 94.8 Å². The number of carbonyl (C=O) groups excluding carboxylic acids is 2. The molecule has 0 amide bonds. The zero-order valence-corrected chi connectivity index (χ0v) is 14.3. The van der Waals surface area contributed by atoms with E-state index >= 15 is 0 Å². The molecule has 0 bridgehead atoms. The van der Waals surface area contributed by atoms with Crippen LogP contribution in [0.5, 0.6) is 17.2 Å². The first kappa shape index (κ1) is 19.7. The van der Waals surface area contributed by atoms with E-state index in [0.29, 0.717) is 61.6 Å². The van der Waals surface area contributed by atoms with Gasteiger partial charge >= 0.3 is 0 Å². The van der Waals surface area contributed by atoms with Crippen LogP contribution in [-0.4, -0.2) is 27.9 Å². The summed E-state index contributed by atoms with van der Waals surface area (Å²) < 4.78 is 0. The number of phenols is 3. The summed E-state index contributed by atoms with van der Waals surface area (Å²) in [5, 5.41) is 31.4. The summed E-state index contributed by atoms with van der Waals surface area (Å²) in [6.07, 6.45) is 6.20. The Kier molecular flexibility index (Phi) is 8.02. The minimum absolute atomic E-state index is 0.118. The number of aromatic hydroxyl groups is 3. The molecule has 0 saturated heterocycles. The Balaban J connectivity index is 3.31. The molecule has 24 heavy (non-hydrogen) atoms. The van der Waals surface area contributed by atoms with Crippen molar-refractivity contribution in [2.24, 2.45) is 0 Å². The molecule has 0 fully saturated rings. The van der Waals surface area contributed by atoms with Crippen LogP contribution in [0.15, 0.2) is 11.6 Å². The van der Waals surface area contributed by atoms with Crippen molar-refractivity contribution in [2.45, 2.75) is 58.8 Å². The van der Waals surface area contributed by atoms with E-state index in [4.69, 9.17) is 0 Å². The quantitative estimate of drug-likeness (QED) is 0.346. The summed E-state index contributed by atoms with van der Waals surface area (Å²) in [5.41, 5.74) is 2.13. The van der Waals surface area contributed by atoms with E-state index in [9.17, 15) is 24.9 Å². The first-order valence-electron chi connectivity index (χ1n) is 8.22. The number of hydrogen-bond donors (Lipinski definition) is 3. The van der Waals surface area contributed by atoms with Gasteiger partial charge in [-0.05, 0) is 46.0 Å². The second kappa shape index (κ2) is 9.75. The van der Waals surface area contributed by atoms with E-state index in [0.717, 1.165) is 18.1 Å². The molecular weight excluding hydrogens is 308 g/mol. The van der Waals surface area contributed by atoms with Crippen LogP contribution in [0.3, 0.4) is 0 Å². The Morgan fingerprint density at radius 1 is 0.792 bits per heavy atom. The molecule has 132 valence electrons. The van der Waals surface area contributed by atoms with Gasteiger partial charge in [0.15, 0.2) is 0 Å². The van der Waals surface area contributed by atoms with Gasteiger partial charge < -0.3 is 24.9 Å². The minimum Gasteiger partial charge on any atom is -0.507 e. The summed E-state index contributed by atoms with van der Waals surface area (Å²) in [5.74, 6) is -0.372. The van der Waals surface area contributed by atoms with Crippen molar-refractivity contribution >= 4 is 12.6 Å². The third-order valence-electron chi connectivity index (χ3n) is 3.93. The molecule has 5 heteroatoms. The highest BCUT2D eigenvalue weighted by Gasteiger charge is 2.22. The van der Waals surface area contributed by atoms with E-state index in [-0.39, 0.29) is 17.2 Å². The SMILES string of the molecule is CC(C)=CCc1c(O)c(CCCC=O)c(O)c(CCCC=O)c1O. The zero-order chi connectivity index (χ0) is 18.1. The fraction of sp³-hybridized carbons (Fsp3) is 0.474. The van der Waals surface area contributed by atoms with Gasteiger partial charge in [-0.2, -0.15) is 0 Å². The molecule has 1 rings (SSSR count). The molecule has 0 radical (unpaired) electrons. The molecule has 0 aliphatic heterocycles. The Morgan fingerprint density at radius 2 is 1.21 bits per heavy atom. The molecule has 0 spiro atoms. The third kappa shape index (κ3) is 5.11. The predicted octanol–water partition coefficient (Wildman–Crippen LogP) is 3.36. The molecule has 0 aliphatic carbocycles. The molecule has 3 N–H and O–H groups in total. The van der Waals surface area contributed by atoms with Crippen LogP contribution in [0.2, 0.25) is 0 Å². The van der Waals surface area contributed by atoms with Gasteiger partial charge in [0.1, 0.15) is 29.8 Å². The standard InChI is InChI=1S/C19H26O5/c1-13(2)9-10-16-18(23)14(7-3-5-11-20)17(22)15(19(16)24)8-4-6-12-21/h9,11-12,22-24H,3-8,10H2,1-2H3. The van der Waals surface area contributed by atoms with Crippen LogP contribution in [0.1, 0.15) is 56.2 Å². The Hall–Kier alpha value is -2.30. The van der Waals surface area contributed by atoms with Gasteiger partial charge in [0, 0.05) is 29.5 Å². The Bertz CT molecular complexity index is 572. The van der Waals surface area contributed by atoms with Crippen molar-refractivity contribution in [3.63, 3.8) is 0 Å². The second-order valence-electron chi connectivity index (χ2n) is 6.08. The van der Waals surface area contributed by atoms with E-state index in [1.165, 1.54) is 0 Å². The molecule has 0 heterocycles. The van der Waals surface area contributed by atoms with Crippen molar-refractivity contribution in [2.75, 3.05) is 0 Å². The maximum atomic E-state index is 10.5. The molecule has 0 atom stereocenters. The van der Waals surface area contributed by atoms with E-state index in [1.54, 1.807) is 0 Å². The maximum absolute atomic E-state index is 10.5. The molecule has 0 unspecified atom stereocenters. The van der Waals surface area contributed by atoms with Crippen LogP contribution in [0.25, 0.3) is 0 Å². The minimum atomic E-state index is -0.136. The average Bonchev–Trinajstić information content (AvgIpc) is 2.53. The lowest BCUT2D eigenvalue weighted by atomic mass is 9.92. The zero-order valence-electron chi connectivity index (χ0n) is 14.3. The summed E-state index contributed by atoms with van der Waals surface area (Å²) in [4.78, 5) is 21.0. The highest BCUT2D eigenvalue weighted by molar-refractivity contribution is 5.62. The van der Waals surface area contributed by atoms with Crippen LogP contribution in [0.4, 0.5) is 0 Å². The van der Waals surface area contributed by atoms with Crippen LogP contribution in [-0.2, 0) is 28.9 Å². The number of carbonyl (C=O) groups is 2. The Morgan fingerprint density at radius 3 is 1.58 bits per heavy atom. The highest BCUT2D eigenvalue weighted by atomic mass is 16.3. The molecule has 0 saturated carbocycles. The second-order valence-corrected chi connectivity index (χ2v) is 6.08. The number of phenolic OH excluding ortho intramolecular Hbond substituents is 3. The first-order valence-corrected chi connectivity index (χ1v) is 8.22. The number of hydrogen-bond acceptors (Lipinski definition) is 5. The van der Waals surface area contributed by atoms with Gasteiger partial charge in [0.2, 0.25) is 0 Å². The first-order chi connectivity index (χ1) is 11.4. The molecule has 1 aromatic rings. The smallest absolute Gasteiger partial charge is 0.129 e. The van der Waals surface area contributed by atoms with Crippen LogP contribution < -0.4 is 0 Å². The van der Waals surface area contributed by atoms with Crippen molar-refractivity contribution in [1.82, 2.24) is 0 Å². The van der Waals surface area contributed by atoms with Gasteiger partial charge in [-0.25, -0.2) is 0 Å². The monoisotopic (exact) mass is 334 g/mol. The average molecular weight is 334 g/mol. The molecule has 0 aliphatic rings. The van der Waals surface area contributed by atoms with Gasteiger partial charge in [-0.3, -0.25) is 0 Å². The molecule has 0 aromatic heterocycles. The number of aldehydes is 2. The predicted molar refractivity (Wildman–Crippen MR) is 92.6 cm³/mol. The van der Waals surface area contributed by atoms with Crippen molar-refractivity contribution in [3.8, 4) is 17.2 Å². The Labute approximate surface area is 142 Å². The summed E-state index contributed by atoms with van der Waals surface area (Å²) in [6, 6.07) is 0. The normalized spacial score (nSPS) is 10.4. The van der Waals surface area contributed by atoms with Crippen LogP contribution in [0, 0.1) is 0 Å². The van der Waals surface area contributed by atoms with Crippen molar-refractivity contribution in [1.29, 1.82) is 0 Å². The summed E-state index contributed by atoms with van der Waals surface area (Å²) >= 11 is 0. The summed E-state index contributed by atoms with van der Waals surface area (Å²) in [6.45, 7) is 3.84. The lowest BCUT2D eigenvalue weighted by molar-refractivity contribution is -0.108. The van der Waals surface area contributed by atoms with E-state index in [2.05, 4.69) is 0 Å². The number of allylic oxidation sites excluding steroid dienone is 2. The largest absolute Gasteiger partial charge is 0.507 e. The number of rotatable bonds is 10. The number of benzene rings is 1. The lowest BCUT2D eigenvalue weighted by Gasteiger charge is -2.18. The van der Waals surface area contributed by atoms with Crippen molar-refractivity contribution in [3.05, 3.63) is 28.3 Å². The van der Waals surface area contributed by atoms with Gasteiger partial charge in [-0.15, -0.1) is 0 Å². The maximum Gasteiger partial charge on any atom is 0.129 e. The third-order valence-corrected chi connectivity index (χ3v) is 3.93. The molecule has 5 nitrogen and oxygen atoms in total. The fourth-order valence-corrected chi connectivity index (χ4v) is 2.58. The number of unbranched alkanes of at least 4 members (excludes halogenated alkanes) is 2. The molecular formula is C19H26O5. The van der Waals surface area contributed by atoms with E-state index in [1.807, 2.05) is 19.9 Å². The fourth-order valence-electron chi connectivity index (χ4n) is 2.58.